The molecule has 0 aliphatic carbocycles. The lowest BCUT2D eigenvalue weighted by Crippen LogP contribution is -2.54. The van der Waals surface area contributed by atoms with Crippen molar-refractivity contribution in [2.24, 2.45) is 0 Å². The average Bonchev–Trinajstić information content (AvgIpc) is 2.25. The lowest BCUT2D eigenvalue weighted by Gasteiger charge is -2.35. The first-order chi connectivity index (χ1) is 5.20. The monoisotopic (exact) mass is 191 g/mol. The molecule has 0 aromatic carbocycles. The largest absolute Gasteiger partial charge is 0.480 e. The van der Waals surface area contributed by atoms with E-state index in [1.165, 1.54) is 4.90 Å². The van der Waals surface area contributed by atoms with Crippen LogP contribution in [0.5, 0.6) is 0 Å². The molecular formula is C6H9NO4S. The number of fused-ring (bicyclic) bond motifs is 1. The van der Waals surface area contributed by atoms with Crippen LogP contribution in [0.2, 0.25) is 0 Å². The minimum atomic E-state index is -0.881. The number of rotatable bonds is 1. The number of hydrogen-bond donors (Lipinski definition) is 1. The van der Waals surface area contributed by atoms with Crippen LogP contribution in [0.3, 0.4) is 0 Å². The Hall–Kier alpha value is -0.750. The molecule has 0 aromatic rings. The zero-order valence-corrected chi connectivity index (χ0v) is 7.00. The molecule has 2 saturated heterocycles. The number of β-lactam (4-membered cyclic amide) rings is 1. The summed E-state index contributed by atoms with van der Waals surface area (Å²) >= 11 is 1.56. The Morgan fingerprint density at radius 2 is 2.33 bits per heavy atom. The van der Waals surface area contributed by atoms with Crippen molar-refractivity contribution in [3.05, 3.63) is 0 Å². The smallest absolute Gasteiger partial charge is 0.327 e. The van der Waals surface area contributed by atoms with E-state index in [1.54, 1.807) is 11.8 Å². The third-order valence-electron chi connectivity index (χ3n) is 2.01. The Labute approximate surface area is 73.0 Å². The van der Waals surface area contributed by atoms with Crippen LogP contribution in [0.4, 0.5) is 0 Å². The maximum atomic E-state index is 10.9. The molecule has 2 heterocycles. The fourth-order valence-electron chi connectivity index (χ4n) is 1.39. The van der Waals surface area contributed by atoms with E-state index in [2.05, 4.69) is 0 Å². The minimum absolute atomic E-state index is 0. The van der Waals surface area contributed by atoms with Gasteiger partial charge in [-0.3, -0.25) is 4.79 Å². The van der Waals surface area contributed by atoms with Crippen LogP contribution in [0.25, 0.3) is 0 Å². The molecule has 0 bridgehead atoms. The normalized spacial score (nSPS) is 32.0. The van der Waals surface area contributed by atoms with Crippen LogP contribution in [-0.4, -0.2) is 44.5 Å². The van der Waals surface area contributed by atoms with Gasteiger partial charge in [-0.05, 0) is 0 Å². The zero-order chi connectivity index (χ0) is 8.01. The molecule has 0 aromatic heterocycles. The Morgan fingerprint density at radius 3 is 2.75 bits per heavy atom. The van der Waals surface area contributed by atoms with E-state index in [0.717, 1.165) is 0 Å². The molecule has 3 N–H and O–H groups in total. The van der Waals surface area contributed by atoms with Gasteiger partial charge in [0, 0.05) is 5.75 Å². The van der Waals surface area contributed by atoms with Gasteiger partial charge >= 0.3 is 5.97 Å². The molecule has 0 spiro atoms. The van der Waals surface area contributed by atoms with E-state index in [0.29, 0.717) is 12.2 Å². The van der Waals surface area contributed by atoms with Gasteiger partial charge in [-0.1, -0.05) is 0 Å². The van der Waals surface area contributed by atoms with E-state index in [1.807, 2.05) is 0 Å². The van der Waals surface area contributed by atoms with Gasteiger partial charge in [-0.2, -0.15) is 0 Å². The van der Waals surface area contributed by atoms with Crippen molar-refractivity contribution in [3.8, 4) is 0 Å². The second-order valence-electron chi connectivity index (χ2n) is 2.65. The summed E-state index contributed by atoms with van der Waals surface area (Å²) in [7, 11) is 0. The van der Waals surface area contributed by atoms with Crippen LogP contribution in [0, 0.1) is 0 Å². The van der Waals surface area contributed by atoms with E-state index in [-0.39, 0.29) is 16.8 Å². The summed E-state index contributed by atoms with van der Waals surface area (Å²) in [4.78, 5) is 22.9. The first kappa shape index (κ1) is 9.34. The predicted octanol–water partition coefficient (Wildman–Crippen LogP) is -1.08. The SMILES string of the molecule is O.O=C(O)C1CSC2CC(=O)N21. The molecule has 1 amide bonds. The Balaban J connectivity index is 0.000000720. The predicted molar refractivity (Wildman–Crippen MR) is 42.7 cm³/mol. The molecule has 5 nitrogen and oxygen atoms in total. The maximum Gasteiger partial charge on any atom is 0.327 e. The van der Waals surface area contributed by atoms with E-state index >= 15 is 0 Å². The van der Waals surface area contributed by atoms with E-state index in [9.17, 15) is 9.59 Å². The molecule has 2 aliphatic heterocycles. The molecule has 0 radical (unpaired) electrons. The third-order valence-corrected chi connectivity index (χ3v) is 3.30. The fraction of sp³-hybridized carbons (Fsp3) is 0.667. The standard InChI is InChI=1S/C6H7NO3S.H2O/c8-4-1-5-7(4)3(2-11-5)6(9)10;/h3,5H,1-2H2,(H,9,10);1H2. The number of carboxylic acids is 1. The van der Waals surface area contributed by atoms with Crippen LogP contribution in [0.1, 0.15) is 6.42 Å². The molecule has 12 heavy (non-hydrogen) atoms. The summed E-state index contributed by atoms with van der Waals surface area (Å²) in [5.74, 6) is -0.355. The van der Waals surface area contributed by atoms with Crippen LogP contribution < -0.4 is 0 Å². The second-order valence-corrected chi connectivity index (χ2v) is 3.86. The van der Waals surface area contributed by atoms with Crippen LogP contribution in [-0.2, 0) is 9.59 Å². The first-order valence-corrected chi connectivity index (χ1v) is 4.40. The molecule has 68 valence electrons. The van der Waals surface area contributed by atoms with Gasteiger partial charge < -0.3 is 15.5 Å². The lowest BCUT2D eigenvalue weighted by atomic mass is 10.1. The fourth-order valence-corrected chi connectivity index (χ4v) is 2.78. The Morgan fingerprint density at radius 1 is 1.67 bits per heavy atom. The van der Waals surface area contributed by atoms with Gasteiger partial charge in [-0.15, -0.1) is 11.8 Å². The van der Waals surface area contributed by atoms with Gasteiger partial charge in [0.05, 0.1) is 11.8 Å². The van der Waals surface area contributed by atoms with Crippen molar-refractivity contribution in [2.75, 3.05) is 5.75 Å². The summed E-state index contributed by atoms with van der Waals surface area (Å²) in [6, 6.07) is -0.564. The topological polar surface area (TPSA) is 89.1 Å². The van der Waals surface area contributed by atoms with Crippen molar-refractivity contribution in [1.29, 1.82) is 0 Å². The van der Waals surface area contributed by atoms with Gasteiger partial charge in [0.1, 0.15) is 6.04 Å². The third kappa shape index (κ3) is 1.07. The average molecular weight is 191 g/mol. The van der Waals surface area contributed by atoms with Crippen molar-refractivity contribution in [2.45, 2.75) is 17.8 Å². The van der Waals surface area contributed by atoms with Gasteiger partial charge in [-0.25, -0.2) is 4.79 Å². The van der Waals surface area contributed by atoms with Crippen molar-refractivity contribution >= 4 is 23.6 Å². The highest BCUT2D eigenvalue weighted by molar-refractivity contribution is 8.00. The summed E-state index contributed by atoms with van der Waals surface area (Å²) in [5.41, 5.74) is 0. The van der Waals surface area contributed by atoms with Crippen molar-refractivity contribution < 1.29 is 20.2 Å². The number of aliphatic carboxylic acids is 1. The number of amides is 1. The van der Waals surface area contributed by atoms with Gasteiger partial charge in [0.25, 0.3) is 0 Å². The first-order valence-electron chi connectivity index (χ1n) is 3.35. The summed E-state index contributed by atoms with van der Waals surface area (Å²) in [6.07, 6.45) is 0.522. The highest BCUT2D eigenvalue weighted by atomic mass is 32.2. The van der Waals surface area contributed by atoms with Gasteiger partial charge in [0.15, 0.2) is 0 Å². The molecule has 2 fully saturated rings. The number of thioether (sulfide) groups is 1. The van der Waals surface area contributed by atoms with Crippen LogP contribution >= 0.6 is 11.8 Å². The zero-order valence-electron chi connectivity index (χ0n) is 6.19. The Bertz CT molecular complexity index is 224. The Kier molecular flexibility index (Phi) is 2.29. The number of carboxylic acid groups (broad SMARTS) is 1. The number of carbonyl (C=O) groups is 2. The molecule has 2 atom stereocenters. The highest BCUT2D eigenvalue weighted by Gasteiger charge is 2.49. The highest BCUT2D eigenvalue weighted by Crippen LogP contribution is 2.38. The molecule has 6 heteroatoms. The lowest BCUT2D eigenvalue weighted by molar-refractivity contribution is -0.155. The minimum Gasteiger partial charge on any atom is -0.480 e. The summed E-state index contributed by atoms with van der Waals surface area (Å²) in [5, 5.41) is 8.80. The molecular weight excluding hydrogens is 182 g/mol. The van der Waals surface area contributed by atoms with Gasteiger partial charge in [0.2, 0.25) is 5.91 Å². The van der Waals surface area contributed by atoms with E-state index < -0.39 is 12.0 Å². The van der Waals surface area contributed by atoms with E-state index in [4.69, 9.17) is 5.11 Å². The molecule has 2 aliphatic rings. The number of hydrogen-bond acceptors (Lipinski definition) is 3. The molecule has 0 saturated carbocycles. The summed E-state index contributed by atoms with van der Waals surface area (Å²) < 4.78 is 0. The van der Waals surface area contributed by atoms with Crippen LogP contribution in [0.15, 0.2) is 0 Å². The maximum absolute atomic E-state index is 10.9. The second kappa shape index (κ2) is 2.95. The van der Waals surface area contributed by atoms with Crippen molar-refractivity contribution in [1.82, 2.24) is 4.90 Å². The molecule has 2 rings (SSSR count). The van der Waals surface area contributed by atoms with Crippen molar-refractivity contribution in [3.63, 3.8) is 0 Å². The number of nitrogens with zero attached hydrogens (tertiary/aromatic N) is 1. The number of carbonyl (C=O) groups excluding carboxylic acids is 1. The quantitative estimate of drug-likeness (QED) is 0.534. The summed E-state index contributed by atoms with van der Waals surface area (Å²) in [6.45, 7) is 0. The molecule has 2 unspecified atom stereocenters.